The second-order valence-electron chi connectivity index (χ2n) is 7.81. The number of nitrogens with zero attached hydrogens (tertiary/aromatic N) is 3. The molecule has 0 aliphatic carbocycles. The molecule has 0 spiro atoms. The average molecular weight is 474 g/mol. The summed E-state index contributed by atoms with van der Waals surface area (Å²) in [4.78, 5) is 22.5. The highest BCUT2D eigenvalue weighted by Gasteiger charge is 2.25. The Bertz CT molecular complexity index is 1110. The molecule has 2 aliphatic rings. The van der Waals surface area contributed by atoms with Gasteiger partial charge in [-0.3, -0.25) is 14.6 Å². The van der Waals surface area contributed by atoms with Gasteiger partial charge < -0.3 is 14.2 Å². The molecule has 2 aliphatic heterocycles. The zero-order chi connectivity index (χ0) is 22.1. The van der Waals surface area contributed by atoms with Crippen LogP contribution < -0.4 is 14.4 Å². The first kappa shape index (κ1) is 21.5. The summed E-state index contributed by atoms with van der Waals surface area (Å²) >= 11 is 7.88. The van der Waals surface area contributed by atoms with E-state index < -0.39 is 0 Å². The number of aryl methyl sites for hydroxylation is 1. The minimum Gasteiger partial charge on any atom is -0.486 e. The number of thiazole rings is 1. The minimum absolute atomic E-state index is 0.122. The van der Waals surface area contributed by atoms with Crippen molar-refractivity contribution in [2.75, 3.05) is 57.5 Å². The molecule has 2 aromatic carbocycles. The summed E-state index contributed by atoms with van der Waals surface area (Å²) < 4.78 is 17.6. The summed E-state index contributed by atoms with van der Waals surface area (Å²) in [6, 6.07) is 9.16. The Morgan fingerprint density at radius 1 is 1.12 bits per heavy atom. The molecule has 0 radical (unpaired) electrons. The van der Waals surface area contributed by atoms with Gasteiger partial charge in [-0.05, 0) is 36.8 Å². The molecular formula is C23H24ClN3O4S. The van der Waals surface area contributed by atoms with E-state index >= 15 is 0 Å². The number of benzene rings is 2. The van der Waals surface area contributed by atoms with E-state index in [0.717, 1.165) is 35.4 Å². The summed E-state index contributed by atoms with van der Waals surface area (Å²) in [6.45, 7) is 7.39. The lowest BCUT2D eigenvalue weighted by atomic mass is 10.1. The lowest BCUT2D eigenvalue weighted by Gasteiger charge is -2.29. The Hall–Kier alpha value is -2.39. The smallest absolute Gasteiger partial charge is 0.260 e. The number of aromatic nitrogens is 1. The highest BCUT2D eigenvalue weighted by molar-refractivity contribution is 7.23. The molecule has 1 saturated heterocycles. The molecule has 3 aromatic rings. The standard InChI is InChI=1S/C23H24ClN3O4S/c1-15-2-4-17(24)21-20(15)25-23(32-21)27(7-6-26-8-10-29-11-9-26)22(28)16-3-5-18-19(14-16)31-13-12-30-18/h2-5,14H,6-13H2,1H3. The summed E-state index contributed by atoms with van der Waals surface area (Å²) in [5.74, 6) is 1.14. The van der Waals surface area contributed by atoms with Crippen LogP contribution in [0.5, 0.6) is 11.5 Å². The summed E-state index contributed by atoms with van der Waals surface area (Å²) in [5, 5.41) is 1.29. The van der Waals surface area contributed by atoms with E-state index in [-0.39, 0.29) is 5.91 Å². The topological polar surface area (TPSA) is 64.1 Å². The average Bonchev–Trinajstić information content (AvgIpc) is 3.28. The van der Waals surface area contributed by atoms with Gasteiger partial charge in [0, 0.05) is 31.7 Å². The number of rotatable bonds is 5. The Morgan fingerprint density at radius 2 is 1.91 bits per heavy atom. The molecule has 3 heterocycles. The van der Waals surface area contributed by atoms with Crippen molar-refractivity contribution in [3.8, 4) is 11.5 Å². The lowest BCUT2D eigenvalue weighted by molar-refractivity contribution is 0.0391. The second kappa shape index (κ2) is 9.23. The fourth-order valence-corrected chi connectivity index (χ4v) is 5.23. The van der Waals surface area contributed by atoms with Gasteiger partial charge in [0.2, 0.25) is 0 Å². The van der Waals surface area contributed by atoms with Crippen LogP contribution in [0, 0.1) is 6.92 Å². The minimum atomic E-state index is -0.122. The van der Waals surface area contributed by atoms with Crippen LogP contribution in [-0.2, 0) is 4.74 Å². The number of anilines is 1. The SMILES string of the molecule is Cc1ccc(Cl)c2sc(N(CCN3CCOCC3)C(=O)c3ccc4c(c3)OCCO4)nc12. The van der Waals surface area contributed by atoms with Crippen LogP contribution in [0.25, 0.3) is 10.2 Å². The van der Waals surface area contributed by atoms with E-state index in [1.54, 1.807) is 23.1 Å². The maximum atomic E-state index is 13.7. The lowest BCUT2D eigenvalue weighted by Crippen LogP contribution is -2.43. The monoisotopic (exact) mass is 473 g/mol. The van der Waals surface area contributed by atoms with Crippen molar-refractivity contribution in [1.82, 2.24) is 9.88 Å². The van der Waals surface area contributed by atoms with Gasteiger partial charge in [-0.25, -0.2) is 4.98 Å². The zero-order valence-corrected chi connectivity index (χ0v) is 19.4. The van der Waals surface area contributed by atoms with Crippen LogP contribution in [0.1, 0.15) is 15.9 Å². The predicted octanol–water partition coefficient (Wildman–Crippen LogP) is 4.01. The van der Waals surface area contributed by atoms with Crippen molar-refractivity contribution in [3.63, 3.8) is 0 Å². The Balaban J connectivity index is 1.48. The largest absolute Gasteiger partial charge is 0.486 e. The first-order valence-corrected chi connectivity index (χ1v) is 11.9. The number of hydrogen-bond donors (Lipinski definition) is 0. The molecule has 0 bridgehead atoms. The third-order valence-electron chi connectivity index (χ3n) is 5.69. The molecule has 168 valence electrons. The molecule has 1 fully saturated rings. The predicted molar refractivity (Wildman–Crippen MR) is 126 cm³/mol. The van der Waals surface area contributed by atoms with Crippen molar-refractivity contribution in [2.24, 2.45) is 0 Å². The molecule has 1 amide bonds. The maximum Gasteiger partial charge on any atom is 0.260 e. The van der Waals surface area contributed by atoms with Crippen molar-refractivity contribution in [1.29, 1.82) is 0 Å². The van der Waals surface area contributed by atoms with Crippen LogP contribution in [0.3, 0.4) is 0 Å². The van der Waals surface area contributed by atoms with Gasteiger partial charge in [-0.1, -0.05) is 29.0 Å². The first-order chi connectivity index (χ1) is 15.6. The highest BCUT2D eigenvalue weighted by Crippen LogP contribution is 2.37. The molecule has 0 N–H and O–H groups in total. The molecule has 7 nitrogen and oxygen atoms in total. The van der Waals surface area contributed by atoms with Crippen molar-refractivity contribution < 1.29 is 19.0 Å². The van der Waals surface area contributed by atoms with Crippen LogP contribution in [0.4, 0.5) is 5.13 Å². The molecule has 0 saturated carbocycles. The number of morpholine rings is 1. The van der Waals surface area contributed by atoms with Gasteiger partial charge in [-0.2, -0.15) is 0 Å². The van der Waals surface area contributed by atoms with Crippen LogP contribution in [0.15, 0.2) is 30.3 Å². The Kier molecular flexibility index (Phi) is 6.19. The molecule has 0 unspecified atom stereocenters. The van der Waals surface area contributed by atoms with Crippen molar-refractivity contribution in [2.45, 2.75) is 6.92 Å². The van der Waals surface area contributed by atoms with E-state index in [1.807, 2.05) is 19.1 Å². The van der Waals surface area contributed by atoms with E-state index in [0.29, 0.717) is 60.2 Å². The second-order valence-corrected chi connectivity index (χ2v) is 9.19. The van der Waals surface area contributed by atoms with E-state index in [2.05, 4.69) is 4.90 Å². The third-order valence-corrected chi connectivity index (χ3v) is 7.23. The van der Waals surface area contributed by atoms with Gasteiger partial charge in [0.25, 0.3) is 5.91 Å². The van der Waals surface area contributed by atoms with Crippen LogP contribution >= 0.6 is 22.9 Å². The van der Waals surface area contributed by atoms with Crippen molar-refractivity contribution >= 4 is 44.2 Å². The summed E-state index contributed by atoms with van der Waals surface area (Å²) in [5.41, 5.74) is 2.41. The number of fused-ring (bicyclic) bond motifs is 2. The van der Waals surface area contributed by atoms with Gasteiger partial charge >= 0.3 is 0 Å². The molecule has 32 heavy (non-hydrogen) atoms. The number of amides is 1. The Labute approximate surface area is 195 Å². The van der Waals surface area contributed by atoms with Gasteiger partial charge in [0.05, 0.1) is 28.5 Å². The van der Waals surface area contributed by atoms with Gasteiger partial charge in [0.15, 0.2) is 16.6 Å². The van der Waals surface area contributed by atoms with Crippen LogP contribution in [0.2, 0.25) is 5.02 Å². The van der Waals surface area contributed by atoms with E-state index in [1.165, 1.54) is 11.3 Å². The molecule has 5 rings (SSSR count). The fourth-order valence-electron chi connectivity index (χ4n) is 3.89. The molecule has 1 aromatic heterocycles. The number of carbonyl (C=O) groups is 1. The molecular weight excluding hydrogens is 450 g/mol. The number of ether oxygens (including phenoxy) is 3. The molecule has 0 atom stereocenters. The number of halogens is 1. The normalized spacial score (nSPS) is 16.3. The van der Waals surface area contributed by atoms with E-state index in [9.17, 15) is 4.79 Å². The van der Waals surface area contributed by atoms with Gasteiger partial charge in [0.1, 0.15) is 13.2 Å². The Morgan fingerprint density at radius 3 is 2.69 bits per heavy atom. The van der Waals surface area contributed by atoms with E-state index in [4.69, 9.17) is 30.8 Å². The zero-order valence-electron chi connectivity index (χ0n) is 17.8. The van der Waals surface area contributed by atoms with Gasteiger partial charge in [-0.15, -0.1) is 0 Å². The first-order valence-electron chi connectivity index (χ1n) is 10.7. The van der Waals surface area contributed by atoms with Crippen LogP contribution in [-0.4, -0.2) is 68.4 Å². The third kappa shape index (κ3) is 4.28. The maximum absolute atomic E-state index is 13.7. The number of hydrogen-bond acceptors (Lipinski definition) is 7. The molecule has 9 heteroatoms. The summed E-state index contributed by atoms with van der Waals surface area (Å²) in [7, 11) is 0. The fraction of sp³-hybridized carbons (Fsp3) is 0.391. The van der Waals surface area contributed by atoms with Crippen molar-refractivity contribution in [3.05, 3.63) is 46.5 Å². The quantitative estimate of drug-likeness (QED) is 0.558. The number of carbonyl (C=O) groups excluding carboxylic acids is 1. The summed E-state index contributed by atoms with van der Waals surface area (Å²) in [6.07, 6.45) is 0. The highest BCUT2D eigenvalue weighted by atomic mass is 35.5.